The third-order valence-corrected chi connectivity index (χ3v) is 3.77. The molecule has 108 valence electrons. The number of hydrogen-bond acceptors (Lipinski definition) is 3. The van der Waals surface area contributed by atoms with E-state index in [4.69, 9.17) is 0 Å². The second-order valence-corrected chi connectivity index (χ2v) is 5.78. The largest absolute Gasteiger partial charge is 0.315 e. The molecule has 0 saturated carbocycles. The summed E-state index contributed by atoms with van der Waals surface area (Å²) in [5, 5.41) is 4.02. The van der Waals surface area contributed by atoms with E-state index in [9.17, 15) is 4.79 Å². The van der Waals surface area contributed by atoms with Crippen LogP contribution in [0.1, 0.15) is 26.2 Å². The third kappa shape index (κ3) is 3.90. The zero-order valence-electron chi connectivity index (χ0n) is 11.7. The van der Waals surface area contributed by atoms with Gasteiger partial charge in [0.1, 0.15) is 0 Å². The van der Waals surface area contributed by atoms with Gasteiger partial charge in [0.25, 0.3) is 5.56 Å². The number of rotatable bonds is 7. The summed E-state index contributed by atoms with van der Waals surface area (Å²) in [7, 11) is 0. The molecule has 1 aromatic heterocycles. The fourth-order valence-corrected chi connectivity index (χ4v) is 2.48. The normalized spacial score (nSPS) is 11.1. The number of halogens is 1. The van der Waals surface area contributed by atoms with Crippen LogP contribution in [0.25, 0.3) is 10.9 Å². The Morgan fingerprint density at radius 3 is 2.95 bits per heavy atom. The maximum Gasteiger partial charge on any atom is 0.261 e. The predicted octanol–water partition coefficient (Wildman–Crippen LogP) is 2.94. The van der Waals surface area contributed by atoms with E-state index in [1.165, 1.54) is 19.3 Å². The topological polar surface area (TPSA) is 46.9 Å². The van der Waals surface area contributed by atoms with Crippen molar-refractivity contribution in [2.45, 2.75) is 32.7 Å². The highest BCUT2D eigenvalue weighted by molar-refractivity contribution is 9.10. The van der Waals surface area contributed by atoms with E-state index in [1.807, 2.05) is 18.2 Å². The molecule has 0 bridgehead atoms. The highest BCUT2D eigenvalue weighted by Crippen LogP contribution is 2.14. The van der Waals surface area contributed by atoms with Crippen molar-refractivity contribution < 1.29 is 0 Å². The van der Waals surface area contributed by atoms with Gasteiger partial charge in [-0.2, -0.15) is 0 Å². The number of aromatic nitrogens is 2. The first-order valence-electron chi connectivity index (χ1n) is 7.08. The molecule has 0 fully saturated rings. The molecule has 20 heavy (non-hydrogen) atoms. The SMILES string of the molecule is CCCCCNCCn1cnc2ccc(Br)cc2c1=O. The Morgan fingerprint density at radius 1 is 1.30 bits per heavy atom. The molecule has 0 spiro atoms. The van der Waals surface area contributed by atoms with Crippen LogP contribution in [0.3, 0.4) is 0 Å². The Balaban J connectivity index is 2.00. The molecular formula is C15H20BrN3O. The number of nitrogens with one attached hydrogen (secondary N) is 1. The van der Waals surface area contributed by atoms with Crippen molar-refractivity contribution in [3.8, 4) is 0 Å². The zero-order valence-corrected chi connectivity index (χ0v) is 13.3. The van der Waals surface area contributed by atoms with Gasteiger partial charge in [0, 0.05) is 17.6 Å². The number of fused-ring (bicyclic) bond motifs is 1. The molecule has 0 aliphatic heterocycles. The standard InChI is InChI=1S/C15H20BrN3O/c1-2-3-4-7-17-8-9-19-11-18-14-6-5-12(16)10-13(14)15(19)20/h5-6,10-11,17H,2-4,7-9H2,1H3. The summed E-state index contributed by atoms with van der Waals surface area (Å²) in [5.74, 6) is 0. The fourth-order valence-electron chi connectivity index (χ4n) is 2.11. The van der Waals surface area contributed by atoms with E-state index in [0.29, 0.717) is 11.9 Å². The van der Waals surface area contributed by atoms with Gasteiger partial charge in [0.15, 0.2) is 0 Å². The van der Waals surface area contributed by atoms with Crippen LogP contribution in [0.5, 0.6) is 0 Å². The summed E-state index contributed by atoms with van der Waals surface area (Å²) >= 11 is 3.39. The summed E-state index contributed by atoms with van der Waals surface area (Å²) in [6.07, 6.45) is 5.30. The van der Waals surface area contributed by atoms with Gasteiger partial charge in [-0.05, 0) is 31.2 Å². The van der Waals surface area contributed by atoms with Crippen LogP contribution in [0, 0.1) is 0 Å². The second-order valence-electron chi connectivity index (χ2n) is 4.86. The molecule has 0 unspecified atom stereocenters. The Kier molecular flexibility index (Phi) is 5.73. The lowest BCUT2D eigenvalue weighted by Crippen LogP contribution is -2.27. The average Bonchev–Trinajstić information content (AvgIpc) is 2.45. The molecular weight excluding hydrogens is 318 g/mol. The highest BCUT2D eigenvalue weighted by Gasteiger charge is 2.04. The minimum absolute atomic E-state index is 0.0201. The first-order chi connectivity index (χ1) is 9.72. The fraction of sp³-hybridized carbons (Fsp3) is 0.467. The molecule has 0 atom stereocenters. The van der Waals surface area contributed by atoms with Crippen LogP contribution in [0.4, 0.5) is 0 Å². The lowest BCUT2D eigenvalue weighted by Gasteiger charge is -2.08. The Bertz CT molecular complexity index is 624. The molecule has 0 saturated heterocycles. The molecule has 0 aliphatic rings. The molecule has 4 nitrogen and oxygen atoms in total. The summed E-state index contributed by atoms with van der Waals surface area (Å²) in [5.41, 5.74) is 0.761. The van der Waals surface area contributed by atoms with Gasteiger partial charge in [0.2, 0.25) is 0 Å². The first kappa shape index (κ1) is 15.2. The zero-order chi connectivity index (χ0) is 14.4. The van der Waals surface area contributed by atoms with Crippen LogP contribution < -0.4 is 10.9 Å². The van der Waals surface area contributed by atoms with Crippen molar-refractivity contribution in [2.24, 2.45) is 0 Å². The van der Waals surface area contributed by atoms with E-state index in [1.54, 1.807) is 10.9 Å². The molecule has 5 heteroatoms. The van der Waals surface area contributed by atoms with Crippen LogP contribution in [0.15, 0.2) is 33.8 Å². The van der Waals surface area contributed by atoms with Crippen LogP contribution in [-0.4, -0.2) is 22.6 Å². The molecule has 1 aromatic carbocycles. The third-order valence-electron chi connectivity index (χ3n) is 3.27. The maximum atomic E-state index is 12.3. The van der Waals surface area contributed by atoms with E-state index < -0.39 is 0 Å². The molecule has 1 N–H and O–H groups in total. The molecule has 1 heterocycles. The number of unbranched alkanes of at least 4 members (excludes halogenated alkanes) is 2. The van der Waals surface area contributed by atoms with Gasteiger partial charge in [-0.25, -0.2) is 4.98 Å². The molecule has 0 radical (unpaired) electrons. The van der Waals surface area contributed by atoms with E-state index >= 15 is 0 Å². The molecule has 0 aliphatic carbocycles. The summed E-state index contributed by atoms with van der Waals surface area (Å²) in [6.45, 7) is 4.65. The van der Waals surface area contributed by atoms with Crippen molar-refractivity contribution in [2.75, 3.05) is 13.1 Å². The van der Waals surface area contributed by atoms with Gasteiger partial charge in [-0.1, -0.05) is 35.7 Å². The van der Waals surface area contributed by atoms with Gasteiger partial charge in [-0.15, -0.1) is 0 Å². The quantitative estimate of drug-likeness (QED) is 0.790. The maximum absolute atomic E-state index is 12.3. The minimum Gasteiger partial charge on any atom is -0.315 e. The summed E-state index contributed by atoms with van der Waals surface area (Å²) in [4.78, 5) is 16.6. The first-order valence-corrected chi connectivity index (χ1v) is 7.87. The number of benzene rings is 1. The van der Waals surface area contributed by atoms with Gasteiger partial charge < -0.3 is 5.32 Å². The monoisotopic (exact) mass is 337 g/mol. The van der Waals surface area contributed by atoms with E-state index in [0.717, 1.165) is 23.1 Å². The second kappa shape index (κ2) is 7.55. The highest BCUT2D eigenvalue weighted by atomic mass is 79.9. The van der Waals surface area contributed by atoms with E-state index in [2.05, 4.69) is 33.2 Å². The lowest BCUT2D eigenvalue weighted by atomic mass is 10.2. The lowest BCUT2D eigenvalue weighted by molar-refractivity contribution is 0.559. The van der Waals surface area contributed by atoms with Gasteiger partial charge in [0.05, 0.1) is 17.2 Å². The van der Waals surface area contributed by atoms with Crippen molar-refractivity contribution >= 4 is 26.8 Å². The Morgan fingerprint density at radius 2 is 2.15 bits per heavy atom. The van der Waals surface area contributed by atoms with Crippen molar-refractivity contribution in [1.29, 1.82) is 0 Å². The Hall–Kier alpha value is -1.20. The minimum atomic E-state index is 0.0201. The van der Waals surface area contributed by atoms with Crippen molar-refractivity contribution in [3.05, 3.63) is 39.4 Å². The van der Waals surface area contributed by atoms with E-state index in [-0.39, 0.29) is 5.56 Å². The van der Waals surface area contributed by atoms with Crippen molar-refractivity contribution in [3.63, 3.8) is 0 Å². The summed E-state index contributed by atoms with van der Waals surface area (Å²) < 4.78 is 2.57. The van der Waals surface area contributed by atoms with Crippen LogP contribution in [-0.2, 0) is 6.54 Å². The van der Waals surface area contributed by atoms with Gasteiger partial charge >= 0.3 is 0 Å². The smallest absolute Gasteiger partial charge is 0.261 e. The van der Waals surface area contributed by atoms with Crippen LogP contribution >= 0.6 is 15.9 Å². The Labute approximate surface area is 127 Å². The number of nitrogens with zero attached hydrogens (tertiary/aromatic N) is 2. The van der Waals surface area contributed by atoms with Gasteiger partial charge in [-0.3, -0.25) is 9.36 Å². The number of hydrogen-bond donors (Lipinski definition) is 1. The summed E-state index contributed by atoms with van der Waals surface area (Å²) in [6, 6.07) is 5.58. The molecule has 0 amide bonds. The van der Waals surface area contributed by atoms with Crippen LogP contribution in [0.2, 0.25) is 0 Å². The molecule has 2 aromatic rings. The average molecular weight is 338 g/mol. The van der Waals surface area contributed by atoms with Crippen molar-refractivity contribution in [1.82, 2.24) is 14.9 Å². The molecule has 2 rings (SSSR count). The predicted molar refractivity (Wildman–Crippen MR) is 86.1 cm³/mol.